The van der Waals surface area contributed by atoms with Crippen molar-refractivity contribution < 1.29 is 9.63 Å². The lowest BCUT2D eigenvalue weighted by Gasteiger charge is -2.20. The molecule has 1 fully saturated rings. The van der Waals surface area contributed by atoms with E-state index >= 15 is 0 Å². The summed E-state index contributed by atoms with van der Waals surface area (Å²) in [5, 5.41) is 0. The van der Waals surface area contributed by atoms with Gasteiger partial charge >= 0.3 is 0 Å². The zero-order chi connectivity index (χ0) is 18.1. The normalized spacial score (nSPS) is 18.0. The van der Waals surface area contributed by atoms with Crippen molar-refractivity contribution in [3.05, 3.63) is 42.2 Å². The number of hydrogen-bond donors (Lipinski definition) is 1. The minimum atomic E-state index is -0.462. The Hall–Kier alpha value is -2.74. The molecule has 1 amide bonds. The van der Waals surface area contributed by atoms with E-state index in [4.69, 9.17) is 9.83 Å². The second-order valence-corrected chi connectivity index (χ2v) is 6.60. The van der Waals surface area contributed by atoms with Crippen molar-refractivity contribution in [3.63, 3.8) is 0 Å². The molecule has 2 aliphatic rings. The minimum Gasteiger partial charge on any atom is -0.320 e. The van der Waals surface area contributed by atoms with E-state index in [1.54, 1.807) is 28.1 Å². The number of amides is 1. The Labute approximate surface area is 151 Å². The highest BCUT2D eigenvalue weighted by atomic mass is 16.7. The average molecular weight is 354 g/mol. The van der Waals surface area contributed by atoms with Crippen LogP contribution in [0.2, 0.25) is 0 Å². The van der Waals surface area contributed by atoms with Gasteiger partial charge in [0, 0.05) is 19.8 Å². The molecule has 1 aliphatic heterocycles. The van der Waals surface area contributed by atoms with E-state index in [1.165, 1.54) is 0 Å². The van der Waals surface area contributed by atoms with Gasteiger partial charge in [-0.05, 0) is 44.7 Å². The lowest BCUT2D eigenvalue weighted by molar-refractivity contribution is -0.0488. The maximum Gasteiger partial charge on any atom is 0.276 e. The predicted octanol–water partition coefficient (Wildman–Crippen LogP) is 2.03. The summed E-state index contributed by atoms with van der Waals surface area (Å²) in [7, 11) is 1.82. The summed E-state index contributed by atoms with van der Waals surface area (Å²) in [5.41, 5.74) is 3.69. The van der Waals surface area contributed by atoms with Gasteiger partial charge in [0.05, 0.1) is 18.1 Å². The number of hydrogen-bond acceptors (Lipinski definition) is 6. The summed E-state index contributed by atoms with van der Waals surface area (Å²) < 4.78 is 1.75. The number of carbonyl (C=O) groups is 1. The maximum absolute atomic E-state index is 13.0. The van der Waals surface area contributed by atoms with Crippen molar-refractivity contribution in [3.8, 4) is 0 Å². The van der Waals surface area contributed by atoms with Gasteiger partial charge in [-0.1, -0.05) is 0 Å². The fourth-order valence-corrected chi connectivity index (χ4v) is 3.55. The molecule has 1 N–H and O–H groups in total. The molecule has 0 unspecified atom stereocenters. The van der Waals surface area contributed by atoms with Gasteiger partial charge in [0.2, 0.25) is 0 Å². The highest BCUT2D eigenvalue weighted by Crippen LogP contribution is 2.36. The highest BCUT2D eigenvalue weighted by Gasteiger charge is 2.41. The standard InChI is InChI=1S/C18H22N6O2/c1-3-24(13-7-6-10-19-11-13)17(25)14-12-20-16(23(14)2)15-21-18(26-22-15)8-4-5-9-18/h6-7,10-12H,3-5,8-9H2,1-2H3,(H,21,22). The van der Waals surface area contributed by atoms with Gasteiger partial charge in [0.25, 0.3) is 5.91 Å². The summed E-state index contributed by atoms with van der Waals surface area (Å²) >= 11 is 0. The summed E-state index contributed by atoms with van der Waals surface area (Å²) in [6, 6.07) is 3.68. The number of anilines is 1. The Morgan fingerprint density at radius 3 is 2.88 bits per heavy atom. The number of aromatic nitrogens is 3. The van der Waals surface area contributed by atoms with Crippen molar-refractivity contribution >= 4 is 17.4 Å². The fourth-order valence-electron chi connectivity index (χ4n) is 3.55. The maximum atomic E-state index is 13.0. The number of nitrogens with zero attached hydrogens (tertiary/aromatic N) is 5. The molecule has 2 aromatic heterocycles. The van der Waals surface area contributed by atoms with E-state index in [2.05, 4.69) is 15.4 Å². The van der Waals surface area contributed by atoms with Gasteiger partial charge in [0.1, 0.15) is 5.69 Å². The van der Waals surface area contributed by atoms with Crippen LogP contribution in [-0.2, 0) is 11.9 Å². The number of amidine groups is 1. The summed E-state index contributed by atoms with van der Waals surface area (Å²) in [4.78, 5) is 33.6. The van der Waals surface area contributed by atoms with Crippen LogP contribution >= 0.6 is 0 Å². The van der Waals surface area contributed by atoms with Crippen LogP contribution in [-0.4, -0.2) is 38.5 Å². The van der Waals surface area contributed by atoms with Gasteiger partial charge in [-0.15, -0.1) is 0 Å². The molecule has 0 aromatic carbocycles. The first-order valence-corrected chi connectivity index (χ1v) is 8.91. The third kappa shape index (κ3) is 2.76. The monoisotopic (exact) mass is 354 g/mol. The molecule has 4 rings (SSSR count). The molecule has 136 valence electrons. The quantitative estimate of drug-likeness (QED) is 0.908. The number of pyridine rings is 1. The van der Waals surface area contributed by atoms with Crippen molar-refractivity contribution in [2.75, 3.05) is 11.4 Å². The molecular formula is C18H22N6O2. The molecule has 3 heterocycles. The molecular weight excluding hydrogens is 332 g/mol. The van der Waals surface area contributed by atoms with Crippen LogP contribution in [0.1, 0.15) is 48.9 Å². The van der Waals surface area contributed by atoms with Crippen LogP contribution in [0.4, 0.5) is 5.69 Å². The first-order valence-electron chi connectivity index (χ1n) is 8.91. The van der Waals surface area contributed by atoms with E-state index in [1.807, 2.05) is 26.1 Å². The highest BCUT2D eigenvalue weighted by molar-refractivity contribution is 6.06. The molecule has 0 saturated heterocycles. The third-order valence-corrected chi connectivity index (χ3v) is 4.98. The molecule has 8 heteroatoms. The van der Waals surface area contributed by atoms with E-state index in [0.717, 1.165) is 31.4 Å². The van der Waals surface area contributed by atoms with Crippen LogP contribution in [0.5, 0.6) is 0 Å². The number of aliphatic imine (C=N–C) groups is 1. The molecule has 0 bridgehead atoms. The number of rotatable bonds is 4. The Morgan fingerprint density at radius 1 is 1.38 bits per heavy atom. The lowest BCUT2D eigenvalue weighted by atomic mass is 10.2. The largest absolute Gasteiger partial charge is 0.320 e. The SMILES string of the molecule is CCN(C(=O)c1cnc(C2=NC3(CCCC3)ON2)n1C)c1cccnc1. The molecule has 1 aliphatic carbocycles. The number of hydroxylamine groups is 1. The Morgan fingerprint density at radius 2 is 2.19 bits per heavy atom. The third-order valence-electron chi connectivity index (χ3n) is 4.98. The van der Waals surface area contributed by atoms with Gasteiger partial charge in [-0.2, -0.15) is 0 Å². The summed E-state index contributed by atoms with van der Waals surface area (Å²) in [6.07, 6.45) is 8.99. The van der Waals surface area contributed by atoms with E-state index in [-0.39, 0.29) is 5.91 Å². The van der Waals surface area contributed by atoms with Crippen molar-refractivity contribution in [2.24, 2.45) is 12.0 Å². The Balaban J connectivity index is 1.62. The number of nitrogens with one attached hydrogen (secondary N) is 1. The van der Waals surface area contributed by atoms with Crippen LogP contribution in [0.3, 0.4) is 0 Å². The average Bonchev–Trinajstić information content (AvgIpc) is 3.38. The van der Waals surface area contributed by atoms with E-state index < -0.39 is 5.72 Å². The molecule has 2 aromatic rings. The number of imidazole rings is 1. The first kappa shape index (κ1) is 16.7. The molecule has 1 saturated carbocycles. The van der Waals surface area contributed by atoms with Crippen molar-refractivity contribution in [2.45, 2.75) is 38.3 Å². The molecule has 0 atom stereocenters. The number of carbonyl (C=O) groups excluding carboxylic acids is 1. The van der Waals surface area contributed by atoms with Gasteiger partial charge in [-0.25, -0.2) is 20.3 Å². The molecule has 1 spiro atoms. The zero-order valence-electron chi connectivity index (χ0n) is 15.0. The van der Waals surface area contributed by atoms with Crippen LogP contribution in [0.25, 0.3) is 0 Å². The Kier molecular flexibility index (Phi) is 4.20. The van der Waals surface area contributed by atoms with Crippen LogP contribution < -0.4 is 10.4 Å². The predicted molar refractivity (Wildman–Crippen MR) is 96.8 cm³/mol. The second-order valence-electron chi connectivity index (χ2n) is 6.60. The van der Waals surface area contributed by atoms with E-state index in [9.17, 15) is 4.79 Å². The van der Waals surface area contributed by atoms with Gasteiger partial charge in [-0.3, -0.25) is 9.78 Å². The minimum absolute atomic E-state index is 0.128. The summed E-state index contributed by atoms with van der Waals surface area (Å²) in [6.45, 7) is 2.47. The molecule has 0 radical (unpaired) electrons. The van der Waals surface area contributed by atoms with Gasteiger partial charge < -0.3 is 9.47 Å². The summed E-state index contributed by atoms with van der Waals surface area (Å²) in [5.74, 6) is 1.05. The van der Waals surface area contributed by atoms with E-state index in [0.29, 0.717) is 23.9 Å². The topological polar surface area (TPSA) is 84.6 Å². The van der Waals surface area contributed by atoms with Crippen LogP contribution in [0.15, 0.2) is 35.7 Å². The fraction of sp³-hybridized carbons (Fsp3) is 0.444. The van der Waals surface area contributed by atoms with Crippen LogP contribution in [0, 0.1) is 0 Å². The smallest absolute Gasteiger partial charge is 0.276 e. The lowest BCUT2D eigenvalue weighted by Crippen LogP contribution is -2.32. The van der Waals surface area contributed by atoms with Crippen molar-refractivity contribution in [1.29, 1.82) is 0 Å². The Bertz CT molecular complexity index is 839. The second kappa shape index (κ2) is 6.53. The van der Waals surface area contributed by atoms with Gasteiger partial charge in [0.15, 0.2) is 17.4 Å². The molecule has 8 nitrogen and oxygen atoms in total. The molecule has 26 heavy (non-hydrogen) atoms. The van der Waals surface area contributed by atoms with Crippen molar-refractivity contribution in [1.82, 2.24) is 20.0 Å². The first-order chi connectivity index (χ1) is 12.6. The zero-order valence-corrected chi connectivity index (χ0v) is 15.0.